The Kier molecular flexibility index (Phi) is 7.88. The van der Waals surface area contributed by atoms with E-state index in [1.54, 1.807) is 0 Å². The van der Waals surface area contributed by atoms with E-state index >= 15 is 0 Å². The van der Waals surface area contributed by atoms with E-state index in [1.807, 2.05) is 42.2 Å². The molecule has 0 spiro atoms. The summed E-state index contributed by atoms with van der Waals surface area (Å²) in [5.74, 6) is 2.20. The van der Waals surface area contributed by atoms with Crippen molar-refractivity contribution in [1.29, 1.82) is 0 Å². The molecule has 162 valence electrons. The summed E-state index contributed by atoms with van der Waals surface area (Å²) in [5.41, 5.74) is 3.09. The summed E-state index contributed by atoms with van der Waals surface area (Å²) in [4.78, 5) is 18.4. The minimum absolute atomic E-state index is 0.208. The number of carbonyl (C=O) groups is 1. The number of aliphatic imine (C=N–C) groups is 1. The number of guanidine groups is 1. The predicted octanol–water partition coefficient (Wildman–Crippen LogP) is 3.96. The number of benzene rings is 1. The van der Waals surface area contributed by atoms with Gasteiger partial charge in [0.2, 0.25) is 5.91 Å². The maximum Gasteiger partial charge on any atom is 0.227 e. The highest BCUT2D eigenvalue weighted by Gasteiger charge is 2.21. The third-order valence-electron chi connectivity index (χ3n) is 5.50. The van der Waals surface area contributed by atoms with Gasteiger partial charge in [-0.25, -0.2) is 4.99 Å². The Morgan fingerprint density at radius 2 is 1.97 bits per heavy atom. The van der Waals surface area contributed by atoms with Gasteiger partial charge in [0.1, 0.15) is 0 Å². The fraction of sp³-hybridized carbons (Fsp3) is 0.522. The molecule has 0 bridgehead atoms. The summed E-state index contributed by atoms with van der Waals surface area (Å²) >= 11 is 0. The van der Waals surface area contributed by atoms with Crippen molar-refractivity contribution in [2.75, 3.05) is 18.0 Å². The summed E-state index contributed by atoms with van der Waals surface area (Å²) in [5, 5.41) is 10.8. The lowest BCUT2D eigenvalue weighted by Gasteiger charge is -2.15. The second kappa shape index (κ2) is 10.8. The molecule has 1 aliphatic rings. The molecule has 1 aromatic carbocycles. The largest absolute Gasteiger partial charge is 0.359 e. The van der Waals surface area contributed by atoms with Crippen LogP contribution in [0.4, 0.5) is 5.69 Å². The van der Waals surface area contributed by atoms with Gasteiger partial charge >= 0.3 is 0 Å². The van der Waals surface area contributed by atoms with E-state index in [0.29, 0.717) is 25.4 Å². The van der Waals surface area contributed by atoms with Crippen LogP contribution in [-0.2, 0) is 17.9 Å². The summed E-state index contributed by atoms with van der Waals surface area (Å²) in [7, 11) is 0. The van der Waals surface area contributed by atoms with Crippen LogP contribution < -0.4 is 15.5 Å². The smallest absolute Gasteiger partial charge is 0.227 e. The number of anilines is 1. The molecule has 0 radical (unpaired) electrons. The second-order valence-corrected chi connectivity index (χ2v) is 7.60. The Labute approximate surface area is 178 Å². The van der Waals surface area contributed by atoms with Gasteiger partial charge in [0, 0.05) is 37.2 Å². The van der Waals surface area contributed by atoms with Crippen molar-refractivity contribution >= 4 is 17.6 Å². The zero-order chi connectivity index (χ0) is 21.3. The van der Waals surface area contributed by atoms with Crippen molar-refractivity contribution in [3.05, 3.63) is 47.3 Å². The van der Waals surface area contributed by atoms with Gasteiger partial charge in [0.25, 0.3) is 0 Å². The number of nitrogens with one attached hydrogen (secondary N) is 2. The van der Waals surface area contributed by atoms with E-state index < -0.39 is 0 Å². The quantitative estimate of drug-likeness (QED) is 0.482. The van der Waals surface area contributed by atoms with Gasteiger partial charge in [-0.2, -0.15) is 0 Å². The minimum Gasteiger partial charge on any atom is -0.359 e. The molecule has 0 unspecified atom stereocenters. The first-order valence-corrected chi connectivity index (χ1v) is 11.0. The Morgan fingerprint density at radius 3 is 2.60 bits per heavy atom. The first-order valence-electron chi connectivity index (χ1n) is 11.0. The van der Waals surface area contributed by atoms with Crippen LogP contribution in [0.15, 0.2) is 39.8 Å². The van der Waals surface area contributed by atoms with Crippen LogP contribution in [-0.4, -0.2) is 30.1 Å². The molecule has 30 heavy (non-hydrogen) atoms. The van der Waals surface area contributed by atoms with E-state index in [4.69, 9.17) is 4.52 Å². The molecule has 1 saturated heterocycles. The van der Waals surface area contributed by atoms with Crippen LogP contribution >= 0.6 is 0 Å². The minimum atomic E-state index is 0.208. The summed E-state index contributed by atoms with van der Waals surface area (Å²) in [6.07, 6.45) is 3.70. The van der Waals surface area contributed by atoms with Crippen molar-refractivity contribution in [2.45, 2.75) is 65.5 Å². The van der Waals surface area contributed by atoms with Gasteiger partial charge in [-0.05, 0) is 43.9 Å². The first kappa shape index (κ1) is 21.9. The second-order valence-electron chi connectivity index (χ2n) is 7.60. The SMILES string of the molecule is CCNC(=NCc1ccc(N2CCCC2=O)cc1)NCc1cc(C(CC)CC)no1. The van der Waals surface area contributed by atoms with E-state index in [2.05, 4.69) is 34.6 Å². The number of hydrogen-bond acceptors (Lipinski definition) is 4. The van der Waals surface area contributed by atoms with Crippen LogP contribution in [0, 0.1) is 0 Å². The molecule has 2 N–H and O–H groups in total. The standard InChI is InChI=1S/C23H33N5O2/c1-4-18(5-2)21-14-20(30-27-21)16-26-23(24-6-3)25-15-17-9-11-19(12-10-17)28-13-7-8-22(28)29/h9-12,14,18H,4-8,13,15-16H2,1-3H3,(H2,24,25,26). The van der Waals surface area contributed by atoms with Crippen molar-refractivity contribution in [3.8, 4) is 0 Å². The fourth-order valence-electron chi connectivity index (χ4n) is 3.70. The van der Waals surface area contributed by atoms with Crippen LogP contribution in [0.5, 0.6) is 0 Å². The molecule has 1 amide bonds. The van der Waals surface area contributed by atoms with Crippen LogP contribution in [0.3, 0.4) is 0 Å². The van der Waals surface area contributed by atoms with Gasteiger partial charge < -0.3 is 20.1 Å². The van der Waals surface area contributed by atoms with Gasteiger partial charge in [-0.3, -0.25) is 4.79 Å². The Hall–Kier alpha value is -2.83. The molecule has 0 saturated carbocycles. The molecule has 7 nitrogen and oxygen atoms in total. The molecule has 0 aliphatic carbocycles. The van der Waals surface area contributed by atoms with Crippen molar-refractivity contribution in [2.24, 2.45) is 4.99 Å². The van der Waals surface area contributed by atoms with E-state index in [9.17, 15) is 4.79 Å². The van der Waals surface area contributed by atoms with Crippen LogP contribution in [0.1, 0.15) is 69.4 Å². The lowest BCUT2D eigenvalue weighted by molar-refractivity contribution is -0.117. The molecule has 1 aromatic heterocycles. The Bertz CT molecular complexity index is 840. The molecule has 3 rings (SSSR count). The van der Waals surface area contributed by atoms with E-state index in [0.717, 1.165) is 61.0 Å². The third kappa shape index (κ3) is 5.62. The van der Waals surface area contributed by atoms with Gasteiger partial charge in [0.05, 0.1) is 18.8 Å². The lowest BCUT2D eigenvalue weighted by Crippen LogP contribution is -2.36. The summed E-state index contributed by atoms with van der Waals surface area (Å²) in [6.45, 7) is 9.06. The van der Waals surface area contributed by atoms with Crippen molar-refractivity contribution in [1.82, 2.24) is 15.8 Å². The molecule has 7 heteroatoms. The lowest BCUT2D eigenvalue weighted by atomic mass is 9.99. The third-order valence-corrected chi connectivity index (χ3v) is 5.50. The fourth-order valence-corrected chi connectivity index (χ4v) is 3.70. The maximum atomic E-state index is 11.9. The first-order chi connectivity index (χ1) is 14.6. The van der Waals surface area contributed by atoms with Gasteiger partial charge in [-0.15, -0.1) is 0 Å². The normalized spacial score (nSPS) is 14.6. The number of carbonyl (C=O) groups excluding carboxylic acids is 1. The van der Waals surface area contributed by atoms with Gasteiger partial charge in [-0.1, -0.05) is 31.1 Å². The van der Waals surface area contributed by atoms with Gasteiger partial charge in [0.15, 0.2) is 11.7 Å². The number of rotatable bonds is 9. The van der Waals surface area contributed by atoms with E-state index in [1.165, 1.54) is 0 Å². The molecule has 0 atom stereocenters. The molecular weight excluding hydrogens is 378 g/mol. The molecule has 2 heterocycles. The van der Waals surface area contributed by atoms with Crippen LogP contribution in [0.2, 0.25) is 0 Å². The Morgan fingerprint density at radius 1 is 1.20 bits per heavy atom. The summed E-state index contributed by atoms with van der Waals surface area (Å²) in [6, 6.07) is 10.1. The molecule has 1 aliphatic heterocycles. The van der Waals surface area contributed by atoms with Crippen molar-refractivity contribution < 1.29 is 9.32 Å². The number of aromatic nitrogens is 1. The average molecular weight is 412 g/mol. The highest BCUT2D eigenvalue weighted by Crippen LogP contribution is 2.23. The number of hydrogen-bond donors (Lipinski definition) is 2. The predicted molar refractivity (Wildman–Crippen MR) is 120 cm³/mol. The molecular formula is C23H33N5O2. The number of amides is 1. The molecule has 1 fully saturated rings. The topological polar surface area (TPSA) is 82.8 Å². The summed E-state index contributed by atoms with van der Waals surface area (Å²) < 4.78 is 5.48. The van der Waals surface area contributed by atoms with Crippen molar-refractivity contribution in [3.63, 3.8) is 0 Å². The maximum absolute atomic E-state index is 11.9. The highest BCUT2D eigenvalue weighted by atomic mass is 16.5. The zero-order valence-corrected chi connectivity index (χ0v) is 18.3. The highest BCUT2D eigenvalue weighted by molar-refractivity contribution is 5.95. The average Bonchev–Trinajstić information content (AvgIpc) is 3.41. The zero-order valence-electron chi connectivity index (χ0n) is 18.3. The number of nitrogens with zero attached hydrogens (tertiary/aromatic N) is 3. The molecule has 2 aromatic rings. The Balaban J connectivity index is 1.57. The van der Waals surface area contributed by atoms with E-state index in [-0.39, 0.29) is 5.91 Å². The van der Waals surface area contributed by atoms with Crippen LogP contribution in [0.25, 0.3) is 0 Å². The monoisotopic (exact) mass is 411 g/mol.